The molecule has 2 heterocycles. The number of anilines is 1. The molecule has 2 aliphatic rings. The molecule has 0 saturated carbocycles. The van der Waals surface area contributed by atoms with Crippen molar-refractivity contribution in [2.24, 2.45) is 0 Å². The van der Waals surface area contributed by atoms with Crippen LogP contribution in [0.4, 0.5) is 5.69 Å². The minimum absolute atomic E-state index is 0.0977. The monoisotopic (exact) mass is 284 g/mol. The van der Waals surface area contributed by atoms with Gasteiger partial charge in [0, 0.05) is 11.8 Å². The first kappa shape index (κ1) is 11.7. The van der Waals surface area contributed by atoms with Crippen molar-refractivity contribution in [3.8, 4) is 5.75 Å². The molecule has 96 valence electrons. The molecular weight excluding hydrogens is 272 g/mol. The zero-order chi connectivity index (χ0) is 12.9. The van der Waals surface area contributed by atoms with Gasteiger partial charge in [0.1, 0.15) is 5.75 Å². The van der Waals surface area contributed by atoms with E-state index in [4.69, 9.17) is 12.2 Å². The lowest BCUT2D eigenvalue weighted by molar-refractivity contribution is 0.475. The van der Waals surface area contributed by atoms with Crippen molar-refractivity contribution in [3.63, 3.8) is 0 Å². The van der Waals surface area contributed by atoms with Crippen LogP contribution in [0, 0.1) is 0 Å². The minimum Gasteiger partial charge on any atom is -0.508 e. The largest absolute Gasteiger partial charge is 0.508 e. The van der Waals surface area contributed by atoms with Crippen molar-refractivity contribution < 1.29 is 13.5 Å². The average molecular weight is 284 g/mol. The molecule has 0 aromatic heterocycles. The second-order valence-electron chi connectivity index (χ2n) is 4.59. The smallest absolute Gasteiger partial charge is 0.174 e. The van der Waals surface area contributed by atoms with Gasteiger partial charge in [0.05, 0.1) is 23.6 Å². The highest BCUT2D eigenvalue weighted by molar-refractivity contribution is 7.91. The number of nitrogens with zero attached hydrogens (tertiary/aromatic N) is 1. The van der Waals surface area contributed by atoms with Crippen LogP contribution in [-0.4, -0.2) is 42.2 Å². The van der Waals surface area contributed by atoms with Crippen LogP contribution in [0.2, 0.25) is 0 Å². The summed E-state index contributed by atoms with van der Waals surface area (Å²) in [6, 6.07) is 6.35. The van der Waals surface area contributed by atoms with E-state index in [-0.39, 0.29) is 29.3 Å². The fourth-order valence-corrected chi connectivity index (χ4v) is 4.83. The summed E-state index contributed by atoms with van der Waals surface area (Å²) in [5.41, 5.74) is 0.720. The first-order valence-electron chi connectivity index (χ1n) is 5.55. The lowest BCUT2D eigenvalue weighted by Crippen LogP contribution is -2.36. The van der Waals surface area contributed by atoms with Gasteiger partial charge in [0.15, 0.2) is 14.9 Å². The summed E-state index contributed by atoms with van der Waals surface area (Å²) in [5.74, 6) is 0.354. The highest BCUT2D eigenvalue weighted by atomic mass is 32.2. The SMILES string of the molecule is O=S1(=O)C[C@@H]2[C@@H](C1)NC(=S)N2c1cccc(O)c1. The molecule has 0 amide bonds. The van der Waals surface area contributed by atoms with E-state index in [0.717, 1.165) is 5.69 Å². The van der Waals surface area contributed by atoms with Gasteiger partial charge in [-0.1, -0.05) is 6.07 Å². The Morgan fingerprint density at radius 3 is 2.89 bits per heavy atom. The van der Waals surface area contributed by atoms with Crippen molar-refractivity contribution in [2.75, 3.05) is 16.4 Å². The molecule has 7 heteroatoms. The van der Waals surface area contributed by atoms with Gasteiger partial charge in [-0.3, -0.25) is 0 Å². The molecule has 1 aromatic carbocycles. The number of hydrogen-bond donors (Lipinski definition) is 2. The summed E-state index contributed by atoms with van der Waals surface area (Å²) in [6.07, 6.45) is 0. The molecule has 0 aliphatic carbocycles. The Hall–Kier alpha value is -1.34. The fraction of sp³-hybridized carbons (Fsp3) is 0.364. The number of benzene rings is 1. The summed E-state index contributed by atoms with van der Waals surface area (Å²) in [6.45, 7) is 0. The van der Waals surface area contributed by atoms with E-state index in [2.05, 4.69) is 5.32 Å². The molecule has 0 spiro atoms. The molecule has 0 radical (unpaired) electrons. The van der Waals surface area contributed by atoms with Crippen LogP contribution in [0.15, 0.2) is 24.3 Å². The van der Waals surface area contributed by atoms with Crippen LogP contribution < -0.4 is 10.2 Å². The van der Waals surface area contributed by atoms with Crippen molar-refractivity contribution in [2.45, 2.75) is 12.1 Å². The molecule has 2 aliphatic heterocycles. The summed E-state index contributed by atoms with van der Waals surface area (Å²) < 4.78 is 23.3. The fourth-order valence-electron chi connectivity index (χ4n) is 2.55. The molecule has 2 saturated heterocycles. The lowest BCUT2D eigenvalue weighted by Gasteiger charge is -2.23. The zero-order valence-electron chi connectivity index (χ0n) is 9.41. The maximum atomic E-state index is 11.6. The predicted molar refractivity (Wildman–Crippen MR) is 72.5 cm³/mol. The van der Waals surface area contributed by atoms with E-state index in [0.29, 0.717) is 5.11 Å². The van der Waals surface area contributed by atoms with Gasteiger partial charge < -0.3 is 15.3 Å². The van der Waals surface area contributed by atoms with Crippen molar-refractivity contribution in [1.29, 1.82) is 0 Å². The zero-order valence-corrected chi connectivity index (χ0v) is 11.0. The Morgan fingerprint density at radius 2 is 2.17 bits per heavy atom. The van der Waals surface area contributed by atoms with E-state index in [1.165, 1.54) is 0 Å². The van der Waals surface area contributed by atoms with Crippen molar-refractivity contribution >= 4 is 32.9 Å². The molecular formula is C11H12N2O3S2. The number of fused-ring (bicyclic) bond motifs is 1. The topological polar surface area (TPSA) is 69.6 Å². The number of rotatable bonds is 1. The number of aromatic hydroxyl groups is 1. The molecule has 1 aromatic rings. The summed E-state index contributed by atoms with van der Waals surface area (Å²) in [5, 5.41) is 13.0. The van der Waals surface area contributed by atoms with E-state index in [1.807, 2.05) is 0 Å². The quantitative estimate of drug-likeness (QED) is 0.721. The summed E-state index contributed by atoms with van der Waals surface area (Å²) in [7, 11) is -3.01. The first-order valence-corrected chi connectivity index (χ1v) is 7.78. The maximum absolute atomic E-state index is 11.6. The van der Waals surface area contributed by atoms with Crippen molar-refractivity contribution in [1.82, 2.24) is 5.32 Å². The van der Waals surface area contributed by atoms with Crippen molar-refractivity contribution in [3.05, 3.63) is 24.3 Å². The maximum Gasteiger partial charge on any atom is 0.174 e. The van der Waals surface area contributed by atoms with Gasteiger partial charge in [-0.05, 0) is 24.4 Å². The van der Waals surface area contributed by atoms with Crippen LogP contribution in [-0.2, 0) is 9.84 Å². The number of thiocarbonyl (C=S) groups is 1. The van der Waals surface area contributed by atoms with Gasteiger partial charge in [0.2, 0.25) is 0 Å². The molecule has 5 nitrogen and oxygen atoms in total. The Labute approximate surface area is 110 Å². The third-order valence-electron chi connectivity index (χ3n) is 3.29. The third-order valence-corrected chi connectivity index (χ3v) is 5.32. The van der Waals surface area contributed by atoms with E-state index < -0.39 is 9.84 Å². The van der Waals surface area contributed by atoms with Gasteiger partial charge in [-0.15, -0.1) is 0 Å². The highest BCUT2D eigenvalue weighted by Gasteiger charge is 2.47. The number of phenols is 1. The van der Waals surface area contributed by atoms with Crippen LogP contribution >= 0.6 is 12.2 Å². The van der Waals surface area contributed by atoms with Gasteiger partial charge in [-0.2, -0.15) is 0 Å². The van der Waals surface area contributed by atoms with Gasteiger partial charge in [0.25, 0.3) is 0 Å². The molecule has 2 N–H and O–H groups in total. The molecule has 3 rings (SSSR count). The van der Waals surface area contributed by atoms with Gasteiger partial charge in [-0.25, -0.2) is 8.42 Å². The van der Waals surface area contributed by atoms with E-state index >= 15 is 0 Å². The Bertz CT molecular complexity index is 614. The second kappa shape index (κ2) is 3.83. The molecule has 0 unspecified atom stereocenters. The normalized spacial score (nSPS) is 29.1. The summed E-state index contributed by atoms with van der Waals surface area (Å²) in [4.78, 5) is 1.78. The van der Waals surface area contributed by atoms with Crippen LogP contribution in [0.3, 0.4) is 0 Å². The first-order chi connectivity index (χ1) is 8.46. The summed E-state index contributed by atoms with van der Waals surface area (Å²) >= 11 is 5.23. The molecule has 18 heavy (non-hydrogen) atoms. The lowest BCUT2D eigenvalue weighted by atomic mass is 10.1. The van der Waals surface area contributed by atoms with E-state index in [1.54, 1.807) is 29.2 Å². The molecule has 2 atom stereocenters. The Morgan fingerprint density at radius 1 is 1.39 bits per heavy atom. The highest BCUT2D eigenvalue weighted by Crippen LogP contribution is 2.31. The average Bonchev–Trinajstić information content (AvgIpc) is 2.68. The Balaban J connectivity index is 1.99. The number of phenolic OH excluding ortho intramolecular Hbond substituents is 1. The van der Waals surface area contributed by atoms with Crippen LogP contribution in [0.5, 0.6) is 5.75 Å². The number of hydrogen-bond acceptors (Lipinski definition) is 4. The van der Waals surface area contributed by atoms with Gasteiger partial charge >= 0.3 is 0 Å². The Kier molecular flexibility index (Phi) is 2.49. The standard InChI is InChI=1S/C11H12N2O3S2/c14-8-3-1-2-7(4-8)13-10-6-18(15,16)5-9(10)12-11(13)17/h1-4,9-10,14H,5-6H2,(H,12,17)/t9-,10-/m1/s1. The number of nitrogens with one attached hydrogen (secondary N) is 1. The molecule has 0 bridgehead atoms. The minimum atomic E-state index is -3.01. The predicted octanol–water partition coefficient (Wildman–Crippen LogP) is 0.252. The second-order valence-corrected chi connectivity index (χ2v) is 7.13. The van der Waals surface area contributed by atoms with Crippen LogP contribution in [0.1, 0.15) is 0 Å². The molecule has 2 fully saturated rings. The van der Waals surface area contributed by atoms with Crippen LogP contribution in [0.25, 0.3) is 0 Å². The van der Waals surface area contributed by atoms with E-state index in [9.17, 15) is 13.5 Å². The number of sulfone groups is 1. The third kappa shape index (κ3) is 1.83.